The lowest BCUT2D eigenvalue weighted by Crippen LogP contribution is -2.00. The Morgan fingerprint density at radius 1 is 0.304 bits per heavy atom. The molecular formula is C51H29N3O2. The van der Waals surface area contributed by atoms with E-state index in [0.29, 0.717) is 17.5 Å². The second-order valence-electron chi connectivity index (χ2n) is 14.4. The van der Waals surface area contributed by atoms with E-state index in [4.69, 9.17) is 23.8 Å². The smallest absolute Gasteiger partial charge is 0.164 e. The summed E-state index contributed by atoms with van der Waals surface area (Å²) in [5.41, 5.74) is 8.04. The summed E-state index contributed by atoms with van der Waals surface area (Å²) in [6.07, 6.45) is 0. The average Bonchev–Trinajstić information content (AvgIpc) is 3.84. The molecule has 12 aromatic rings. The van der Waals surface area contributed by atoms with Crippen LogP contribution in [0.4, 0.5) is 0 Å². The minimum atomic E-state index is 0.573. The molecule has 0 saturated carbocycles. The number of fused-ring (bicyclic) bond motifs is 10. The topological polar surface area (TPSA) is 65.0 Å². The molecule has 3 aromatic heterocycles. The summed E-state index contributed by atoms with van der Waals surface area (Å²) in [4.78, 5) is 15.6. The van der Waals surface area contributed by atoms with Crippen LogP contribution in [0.15, 0.2) is 185 Å². The quantitative estimate of drug-likeness (QED) is 0.170. The average molecular weight is 716 g/mol. The van der Waals surface area contributed by atoms with E-state index in [1.807, 2.05) is 42.5 Å². The number of rotatable bonds is 4. The summed E-state index contributed by atoms with van der Waals surface area (Å²) >= 11 is 0. The lowest BCUT2D eigenvalue weighted by atomic mass is 9.95. The number of hydrogen-bond donors (Lipinski definition) is 0. The molecular weight excluding hydrogens is 687 g/mol. The Morgan fingerprint density at radius 2 is 0.857 bits per heavy atom. The standard InChI is InChI=1S/C51H29N3O2/c1-2-11-32-27-35(20-17-30(32)9-1)49-52-50(36-22-26-46-43(29-36)40-13-5-7-15-44(40)55-46)54-51(53-49)42-25-24-39(48-47(42)41-14-6-8-16-45(41)56-48)34-21-23-38-33(28-34)19-18-31-10-3-4-12-37(31)38/h1-29H. The molecule has 0 fully saturated rings. The molecule has 0 unspecified atom stereocenters. The van der Waals surface area contributed by atoms with Gasteiger partial charge < -0.3 is 8.83 Å². The Hall–Kier alpha value is -7.63. The summed E-state index contributed by atoms with van der Waals surface area (Å²) < 4.78 is 12.9. The lowest BCUT2D eigenvalue weighted by Gasteiger charge is -2.12. The van der Waals surface area contributed by atoms with Crippen LogP contribution in [0.5, 0.6) is 0 Å². The largest absolute Gasteiger partial charge is 0.456 e. The van der Waals surface area contributed by atoms with Crippen LogP contribution in [0.3, 0.4) is 0 Å². The van der Waals surface area contributed by atoms with Crippen LogP contribution in [0, 0.1) is 0 Å². The van der Waals surface area contributed by atoms with Crippen molar-refractivity contribution in [1.82, 2.24) is 15.0 Å². The van der Waals surface area contributed by atoms with Gasteiger partial charge in [-0.2, -0.15) is 0 Å². The number of nitrogens with zero attached hydrogens (tertiary/aromatic N) is 3. The molecule has 12 rings (SSSR count). The molecule has 0 saturated heterocycles. The van der Waals surface area contributed by atoms with Crippen molar-refractivity contribution < 1.29 is 8.83 Å². The van der Waals surface area contributed by atoms with Gasteiger partial charge in [-0.25, -0.2) is 15.0 Å². The van der Waals surface area contributed by atoms with E-state index < -0.39 is 0 Å². The first-order chi connectivity index (χ1) is 27.7. The molecule has 0 amide bonds. The van der Waals surface area contributed by atoms with E-state index in [0.717, 1.165) is 82.5 Å². The van der Waals surface area contributed by atoms with E-state index in [1.165, 1.54) is 21.5 Å². The maximum atomic E-state index is 6.76. The Kier molecular flexibility index (Phi) is 6.56. The Bertz CT molecular complexity index is 3560. The SMILES string of the molecule is c1ccc2cc(-c3nc(-c4ccc5oc6ccccc6c5c4)nc(-c4ccc(-c5ccc6c(ccc7ccccc76)c5)c5oc6ccccc6c45)n3)ccc2c1. The molecule has 0 radical (unpaired) electrons. The van der Waals surface area contributed by atoms with Crippen molar-refractivity contribution >= 4 is 76.2 Å². The molecule has 0 aliphatic rings. The number of benzene rings is 9. The van der Waals surface area contributed by atoms with E-state index in [1.54, 1.807) is 0 Å². The summed E-state index contributed by atoms with van der Waals surface area (Å²) in [5.74, 6) is 1.75. The zero-order chi connectivity index (χ0) is 36.7. The van der Waals surface area contributed by atoms with Crippen molar-refractivity contribution in [3.8, 4) is 45.3 Å². The third-order valence-electron chi connectivity index (χ3n) is 11.1. The van der Waals surface area contributed by atoms with Gasteiger partial charge in [0.2, 0.25) is 0 Å². The predicted octanol–water partition coefficient (Wildman–Crippen LogP) is 13.8. The third kappa shape index (κ3) is 4.78. The summed E-state index contributed by atoms with van der Waals surface area (Å²) in [5, 5.41) is 11.2. The van der Waals surface area contributed by atoms with Gasteiger partial charge in [0.05, 0.1) is 0 Å². The molecule has 0 N–H and O–H groups in total. The number of aromatic nitrogens is 3. The van der Waals surface area contributed by atoms with Crippen LogP contribution in [-0.4, -0.2) is 15.0 Å². The highest BCUT2D eigenvalue weighted by Gasteiger charge is 2.21. The molecule has 5 heteroatoms. The van der Waals surface area contributed by atoms with Crippen LogP contribution in [0.1, 0.15) is 0 Å². The number of para-hydroxylation sites is 2. The minimum Gasteiger partial charge on any atom is -0.456 e. The molecule has 0 aliphatic carbocycles. The van der Waals surface area contributed by atoms with E-state index in [9.17, 15) is 0 Å². The summed E-state index contributed by atoms with van der Waals surface area (Å²) in [7, 11) is 0. The van der Waals surface area contributed by atoms with Gasteiger partial charge in [0.15, 0.2) is 17.5 Å². The van der Waals surface area contributed by atoms with E-state index >= 15 is 0 Å². The fraction of sp³-hybridized carbons (Fsp3) is 0. The van der Waals surface area contributed by atoms with E-state index in [2.05, 4.69) is 133 Å². The highest BCUT2D eigenvalue weighted by atomic mass is 16.3. The van der Waals surface area contributed by atoms with Crippen molar-refractivity contribution in [2.24, 2.45) is 0 Å². The molecule has 5 nitrogen and oxygen atoms in total. The third-order valence-corrected chi connectivity index (χ3v) is 11.1. The van der Waals surface area contributed by atoms with Crippen molar-refractivity contribution in [2.75, 3.05) is 0 Å². The second kappa shape index (κ2) is 11.9. The molecule has 56 heavy (non-hydrogen) atoms. The molecule has 9 aromatic carbocycles. The fourth-order valence-electron chi connectivity index (χ4n) is 8.37. The first-order valence-electron chi connectivity index (χ1n) is 18.8. The maximum absolute atomic E-state index is 6.76. The van der Waals surface area contributed by atoms with Crippen LogP contribution in [0.25, 0.3) is 121 Å². The fourth-order valence-corrected chi connectivity index (χ4v) is 8.37. The lowest BCUT2D eigenvalue weighted by molar-refractivity contribution is 0.669. The normalized spacial score (nSPS) is 11.9. The van der Waals surface area contributed by atoms with Crippen molar-refractivity contribution in [1.29, 1.82) is 0 Å². The molecule has 0 bridgehead atoms. The second-order valence-corrected chi connectivity index (χ2v) is 14.4. The van der Waals surface area contributed by atoms with Gasteiger partial charge in [-0.05, 0) is 92.5 Å². The van der Waals surface area contributed by atoms with Crippen molar-refractivity contribution in [2.45, 2.75) is 0 Å². The Labute approximate surface area is 320 Å². The molecule has 0 atom stereocenters. The van der Waals surface area contributed by atoms with Crippen LogP contribution >= 0.6 is 0 Å². The zero-order valence-corrected chi connectivity index (χ0v) is 29.9. The molecule has 260 valence electrons. The minimum absolute atomic E-state index is 0.573. The predicted molar refractivity (Wildman–Crippen MR) is 229 cm³/mol. The van der Waals surface area contributed by atoms with Gasteiger partial charge in [-0.1, -0.05) is 121 Å². The van der Waals surface area contributed by atoms with Gasteiger partial charge >= 0.3 is 0 Å². The van der Waals surface area contributed by atoms with Gasteiger partial charge in [0, 0.05) is 43.8 Å². The van der Waals surface area contributed by atoms with Gasteiger partial charge in [0.1, 0.15) is 22.3 Å². The van der Waals surface area contributed by atoms with Crippen molar-refractivity contribution in [3.05, 3.63) is 176 Å². The van der Waals surface area contributed by atoms with Gasteiger partial charge in [-0.3, -0.25) is 0 Å². The van der Waals surface area contributed by atoms with Crippen molar-refractivity contribution in [3.63, 3.8) is 0 Å². The molecule has 3 heterocycles. The summed E-state index contributed by atoms with van der Waals surface area (Å²) in [6, 6.07) is 61.1. The Balaban J connectivity index is 1.10. The highest BCUT2D eigenvalue weighted by Crippen LogP contribution is 2.43. The van der Waals surface area contributed by atoms with Gasteiger partial charge in [-0.15, -0.1) is 0 Å². The van der Waals surface area contributed by atoms with E-state index in [-0.39, 0.29) is 0 Å². The number of furan rings is 2. The van der Waals surface area contributed by atoms with Crippen LogP contribution < -0.4 is 0 Å². The Morgan fingerprint density at radius 3 is 1.71 bits per heavy atom. The highest BCUT2D eigenvalue weighted by molar-refractivity contribution is 6.17. The first-order valence-corrected chi connectivity index (χ1v) is 18.8. The summed E-state index contributed by atoms with van der Waals surface area (Å²) in [6.45, 7) is 0. The zero-order valence-electron chi connectivity index (χ0n) is 29.9. The maximum Gasteiger partial charge on any atom is 0.164 e. The number of hydrogen-bond acceptors (Lipinski definition) is 5. The molecule has 0 aliphatic heterocycles. The first kappa shape index (κ1) is 30.8. The van der Waals surface area contributed by atoms with Gasteiger partial charge in [0.25, 0.3) is 0 Å². The van der Waals surface area contributed by atoms with Crippen LogP contribution in [-0.2, 0) is 0 Å². The molecule has 0 spiro atoms. The van der Waals surface area contributed by atoms with Crippen LogP contribution in [0.2, 0.25) is 0 Å². The monoisotopic (exact) mass is 715 g/mol.